The van der Waals surface area contributed by atoms with Gasteiger partial charge in [0.25, 0.3) is 10.0 Å². The first-order valence-electron chi connectivity index (χ1n) is 15.0. The minimum absolute atomic E-state index is 0.0436. The average Bonchev–Trinajstić information content (AvgIpc) is 2.92. The topological polar surface area (TPSA) is 154 Å². The molecule has 1 aliphatic heterocycles. The second-order valence-electron chi connectivity index (χ2n) is 13.4. The summed E-state index contributed by atoms with van der Waals surface area (Å²) in [6.45, 7) is 12.7. The van der Waals surface area contributed by atoms with Crippen LogP contribution in [0.25, 0.3) is 5.76 Å². The third-order valence-corrected chi connectivity index (χ3v) is 10.3. The van der Waals surface area contributed by atoms with Crippen LogP contribution in [0, 0.1) is 26.2 Å². The number of aryl methyl sites for hydroxylation is 3. The molecule has 0 saturated carbocycles. The van der Waals surface area contributed by atoms with Gasteiger partial charge < -0.3 is 10.4 Å². The molecular formula is C34H40N4O6S2. The number of benzene rings is 3. The van der Waals surface area contributed by atoms with E-state index in [0.29, 0.717) is 30.5 Å². The molecule has 0 bridgehead atoms. The van der Waals surface area contributed by atoms with Crippen molar-refractivity contribution in [3.05, 3.63) is 93.6 Å². The monoisotopic (exact) mass is 664 g/mol. The van der Waals surface area contributed by atoms with E-state index in [4.69, 9.17) is 0 Å². The summed E-state index contributed by atoms with van der Waals surface area (Å²) in [7, 11) is -8.08. The molecule has 244 valence electrons. The molecule has 10 nitrogen and oxygen atoms in total. The lowest BCUT2D eigenvalue weighted by atomic mass is 9.69. The summed E-state index contributed by atoms with van der Waals surface area (Å²) in [6.07, 6.45) is 1.96. The van der Waals surface area contributed by atoms with E-state index in [1.54, 1.807) is 12.1 Å². The average molecular weight is 665 g/mol. The number of hydrogen-bond donors (Lipinski definition) is 4. The Hall–Kier alpha value is -4.00. The molecule has 1 aliphatic carbocycles. The van der Waals surface area contributed by atoms with Crippen LogP contribution in [0.4, 0.5) is 11.4 Å². The smallest absolute Gasteiger partial charge is 0.286 e. The molecule has 12 heteroatoms. The number of rotatable bonds is 8. The number of aliphatic hydroxyl groups excluding tert-OH is 1. The van der Waals surface area contributed by atoms with E-state index in [1.807, 2.05) is 32.9 Å². The van der Waals surface area contributed by atoms with Crippen LogP contribution in [-0.4, -0.2) is 39.8 Å². The SMILES string of the molecule is Cc1cc(C)c(CNC2(CCC(C)(C)C)C(=O)C(C3=NS(=O)(=O)c4cc(NS(C)(=O)=O)ccc4N3)=C(O)c3ccccc32)c(C)c1. The van der Waals surface area contributed by atoms with E-state index in [-0.39, 0.29) is 38.9 Å². The van der Waals surface area contributed by atoms with Gasteiger partial charge in [0, 0.05) is 17.8 Å². The van der Waals surface area contributed by atoms with E-state index in [0.717, 1.165) is 34.6 Å². The van der Waals surface area contributed by atoms with E-state index >= 15 is 0 Å². The number of nitrogens with one attached hydrogen (secondary N) is 3. The summed E-state index contributed by atoms with van der Waals surface area (Å²) in [6, 6.07) is 15.3. The van der Waals surface area contributed by atoms with E-state index in [2.05, 4.69) is 52.7 Å². The number of sulfonamides is 2. The summed E-state index contributed by atoms with van der Waals surface area (Å²) in [5.74, 6) is -1.19. The molecule has 0 fully saturated rings. The highest BCUT2D eigenvalue weighted by Gasteiger charge is 2.50. The lowest BCUT2D eigenvalue weighted by Gasteiger charge is -2.41. The zero-order valence-electron chi connectivity index (χ0n) is 27.1. The summed E-state index contributed by atoms with van der Waals surface area (Å²) in [5, 5.41) is 18.2. The highest BCUT2D eigenvalue weighted by molar-refractivity contribution is 7.92. The number of carbonyl (C=O) groups excluding carboxylic acids is 1. The predicted molar refractivity (Wildman–Crippen MR) is 182 cm³/mol. The van der Waals surface area contributed by atoms with Gasteiger partial charge >= 0.3 is 0 Å². The maximum Gasteiger partial charge on any atom is 0.286 e. The van der Waals surface area contributed by atoms with E-state index in [9.17, 15) is 26.7 Å². The molecule has 1 heterocycles. The van der Waals surface area contributed by atoms with Gasteiger partial charge in [0.15, 0.2) is 11.6 Å². The van der Waals surface area contributed by atoms with Crippen LogP contribution < -0.4 is 15.4 Å². The van der Waals surface area contributed by atoms with Gasteiger partial charge in [-0.05, 0) is 79.5 Å². The predicted octanol–water partition coefficient (Wildman–Crippen LogP) is 5.86. The Morgan fingerprint density at radius 3 is 2.28 bits per heavy atom. The fourth-order valence-corrected chi connectivity index (χ4v) is 7.91. The highest BCUT2D eigenvalue weighted by Crippen LogP contribution is 2.44. The summed E-state index contributed by atoms with van der Waals surface area (Å²) in [5.41, 5.74) is 3.76. The molecule has 2 aliphatic rings. The Morgan fingerprint density at radius 2 is 1.65 bits per heavy atom. The molecule has 0 saturated heterocycles. The van der Waals surface area contributed by atoms with Crippen LogP contribution in [0.1, 0.15) is 67.0 Å². The first-order valence-corrected chi connectivity index (χ1v) is 18.3. The first kappa shape index (κ1) is 33.4. The van der Waals surface area contributed by atoms with Gasteiger partial charge in [-0.25, -0.2) is 8.42 Å². The van der Waals surface area contributed by atoms with Gasteiger partial charge in [-0.2, -0.15) is 8.42 Å². The summed E-state index contributed by atoms with van der Waals surface area (Å²) >= 11 is 0. The molecule has 0 spiro atoms. The number of fused-ring (bicyclic) bond motifs is 2. The van der Waals surface area contributed by atoms with Crippen LogP contribution in [-0.2, 0) is 36.9 Å². The quantitative estimate of drug-likeness (QED) is 0.234. The van der Waals surface area contributed by atoms with Crippen LogP contribution >= 0.6 is 0 Å². The molecule has 0 aromatic heterocycles. The number of nitrogens with zero attached hydrogens (tertiary/aromatic N) is 1. The minimum atomic E-state index is -4.41. The van der Waals surface area contributed by atoms with E-state index in [1.165, 1.54) is 12.1 Å². The molecular weight excluding hydrogens is 625 g/mol. The summed E-state index contributed by atoms with van der Waals surface area (Å²) < 4.78 is 56.7. The Labute approximate surface area is 271 Å². The Kier molecular flexibility index (Phi) is 8.46. The number of anilines is 2. The number of ketones is 1. The second kappa shape index (κ2) is 11.7. The van der Waals surface area contributed by atoms with Crippen molar-refractivity contribution in [2.75, 3.05) is 16.3 Å². The molecule has 3 aromatic carbocycles. The molecule has 46 heavy (non-hydrogen) atoms. The van der Waals surface area contributed by atoms with Gasteiger partial charge in [-0.3, -0.25) is 14.8 Å². The highest BCUT2D eigenvalue weighted by atomic mass is 32.2. The molecule has 0 radical (unpaired) electrons. The third-order valence-electron chi connectivity index (χ3n) is 8.41. The van der Waals surface area contributed by atoms with Crippen LogP contribution in [0.3, 0.4) is 0 Å². The fraction of sp³-hybridized carbons (Fsp3) is 0.353. The maximum absolute atomic E-state index is 14.9. The number of hydrogen-bond acceptors (Lipinski definition) is 8. The third kappa shape index (κ3) is 6.47. The van der Waals surface area contributed by atoms with E-state index < -0.39 is 31.4 Å². The first-order chi connectivity index (χ1) is 21.3. The Balaban J connectivity index is 1.66. The van der Waals surface area contributed by atoms with Crippen molar-refractivity contribution in [3.63, 3.8) is 0 Å². The van der Waals surface area contributed by atoms with Crippen molar-refractivity contribution in [1.29, 1.82) is 0 Å². The van der Waals surface area contributed by atoms with Gasteiger partial charge in [-0.15, -0.1) is 4.40 Å². The van der Waals surface area contributed by atoms with Crippen molar-refractivity contribution in [3.8, 4) is 0 Å². The number of Topliss-reactive ketones (excluding diaryl/α,β-unsaturated/α-hetero) is 1. The Morgan fingerprint density at radius 1 is 1.00 bits per heavy atom. The molecule has 1 unspecified atom stereocenters. The van der Waals surface area contributed by atoms with Crippen molar-refractivity contribution in [2.45, 2.75) is 71.4 Å². The zero-order valence-corrected chi connectivity index (χ0v) is 28.7. The second-order valence-corrected chi connectivity index (χ2v) is 16.7. The van der Waals surface area contributed by atoms with Crippen molar-refractivity contribution >= 4 is 48.8 Å². The largest absolute Gasteiger partial charge is 0.506 e. The molecule has 4 N–H and O–H groups in total. The van der Waals surface area contributed by atoms with Crippen molar-refractivity contribution < 1.29 is 26.7 Å². The normalized spacial score (nSPS) is 19.2. The van der Waals surface area contributed by atoms with Crippen molar-refractivity contribution in [1.82, 2.24) is 5.32 Å². The lowest BCUT2D eigenvalue weighted by Crippen LogP contribution is -2.54. The van der Waals surface area contributed by atoms with Gasteiger partial charge in [0.2, 0.25) is 10.0 Å². The molecule has 5 rings (SSSR count). The van der Waals surface area contributed by atoms with Gasteiger partial charge in [0.05, 0.1) is 11.9 Å². The minimum Gasteiger partial charge on any atom is -0.506 e. The standard InChI is InChI=1S/C34H40N4O6S2/c1-20-16-21(2)25(22(3)17-20)19-35-34(15-14-33(4,5)6)26-11-9-8-10-24(26)30(39)29(31(34)40)32-36-27-13-12-23(37-45(7,41)42)18-28(27)46(43,44)38-32/h8-13,16-18,35,37,39H,14-15,19H2,1-7H3,(H,36,38). The lowest BCUT2D eigenvalue weighted by molar-refractivity contribution is -0.122. The number of amidine groups is 1. The number of carbonyl (C=O) groups is 1. The maximum atomic E-state index is 14.9. The van der Waals surface area contributed by atoms with Gasteiger partial charge in [-0.1, -0.05) is 62.7 Å². The van der Waals surface area contributed by atoms with Crippen LogP contribution in [0.5, 0.6) is 0 Å². The summed E-state index contributed by atoms with van der Waals surface area (Å²) in [4.78, 5) is 14.7. The number of aliphatic hydroxyl groups is 1. The zero-order chi connectivity index (χ0) is 33.8. The van der Waals surface area contributed by atoms with Crippen molar-refractivity contribution in [2.24, 2.45) is 9.81 Å². The molecule has 3 aromatic rings. The fourth-order valence-electron chi connectivity index (χ4n) is 6.21. The van der Waals surface area contributed by atoms with Crippen LogP contribution in [0.2, 0.25) is 0 Å². The van der Waals surface area contributed by atoms with Gasteiger partial charge in [0.1, 0.15) is 21.8 Å². The Bertz CT molecular complexity index is 2020. The van der Waals surface area contributed by atoms with Crippen LogP contribution in [0.15, 0.2) is 69.5 Å². The molecule has 1 atom stereocenters. The molecule has 0 amide bonds.